The molecule has 0 atom stereocenters. The molecule has 27 heavy (non-hydrogen) atoms. The first-order valence-corrected chi connectivity index (χ1v) is 9.89. The molecule has 1 aliphatic rings. The summed E-state index contributed by atoms with van der Waals surface area (Å²) in [7, 11) is 0. The summed E-state index contributed by atoms with van der Waals surface area (Å²) in [6.45, 7) is 1.72. The standard InChI is InChI=1S/C14H14ClF3N6OS2/c15-9-5-8(14(16,17)18)6-20-11(9)24-3-1-23(2-4-24)10(25)7-26-13-22-21-12(19)27-13/h5-6H,1-4,7H2,(H2,19,21). The molecule has 1 aliphatic heterocycles. The van der Waals surface area contributed by atoms with Crippen molar-refractivity contribution in [2.45, 2.75) is 10.5 Å². The maximum absolute atomic E-state index is 12.7. The number of alkyl halides is 3. The molecule has 0 bridgehead atoms. The van der Waals surface area contributed by atoms with Gasteiger partial charge >= 0.3 is 6.18 Å². The van der Waals surface area contributed by atoms with Gasteiger partial charge in [0.2, 0.25) is 11.0 Å². The molecule has 1 fully saturated rings. The average molecular weight is 439 g/mol. The van der Waals surface area contributed by atoms with Crippen molar-refractivity contribution >= 4 is 51.6 Å². The molecule has 1 saturated heterocycles. The van der Waals surface area contributed by atoms with Gasteiger partial charge in [-0.15, -0.1) is 10.2 Å². The zero-order valence-corrected chi connectivity index (χ0v) is 16.1. The zero-order chi connectivity index (χ0) is 19.6. The van der Waals surface area contributed by atoms with Crippen LogP contribution in [0.5, 0.6) is 0 Å². The molecule has 2 aromatic rings. The van der Waals surface area contributed by atoms with Crippen LogP contribution in [0.15, 0.2) is 16.6 Å². The maximum atomic E-state index is 12.7. The van der Waals surface area contributed by atoms with Crippen LogP contribution in [0.4, 0.5) is 24.1 Å². The summed E-state index contributed by atoms with van der Waals surface area (Å²) in [5, 5.41) is 7.81. The highest BCUT2D eigenvalue weighted by Crippen LogP contribution is 2.33. The number of carbonyl (C=O) groups excluding carboxylic acids is 1. The summed E-state index contributed by atoms with van der Waals surface area (Å²) in [5.74, 6) is 0.448. The van der Waals surface area contributed by atoms with E-state index in [4.69, 9.17) is 17.3 Å². The molecule has 3 rings (SSSR count). The van der Waals surface area contributed by atoms with Crippen molar-refractivity contribution in [3.63, 3.8) is 0 Å². The number of carbonyl (C=O) groups is 1. The molecule has 0 unspecified atom stereocenters. The second-order valence-electron chi connectivity index (χ2n) is 5.59. The van der Waals surface area contributed by atoms with Gasteiger partial charge in [0.25, 0.3) is 0 Å². The van der Waals surface area contributed by atoms with E-state index in [0.717, 1.165) is 12.3 Å². The van der Waals surface area contributed by atoms with Crippen molar-refractivity contribution in [2.75, 3.05) is 42.6 Å². The lowest BCUT2D eigenvalue weighted by Gasteiger charge is -2.35. The van der Waals surface area contributed by atoms with Crippen LogP contribution in [-0.2, 0) is 11.0 Å². The SMILES string of the molecule is Nc1nnc(SCC(=O)N2CCN(c3ncc(C(F)(F)F)cc3Cl)CC2)s1. The van der Waals surface area contributed by atoms with Crippen LogP contribution in [0.2, 0.25) is 5.02 Å². The minimum atomic E-state index is -4.49. The van der Waals surface area contributed by atoms with Crippen molar-refractivity contribution in [2.24, 2.45) is 0 Å². The zero-order valence-electron chi connectivity index (χ0n) is 13.7. The molecule has 7 nitrogen and oxygen atoms in total. The minimum Gasteiger partial charge on any atom is -0.374 e. The Morgan fingerprint density at radius 2 is 2.00 bits per heavy atom. The fourth-order valence-electron chi connectivity index (χ4n) is 2.48. The minimum absolute atomic E-state index is 0.0557. The van der Waals surface area contributed by atoms with E-state index in [1.165, 1.54) is 23.1 Å². The van der Waals surface area contributed by atoms with Crippen molar-refractivity contribution < 1.29 is 18.0 Å². The van der Waals surface area contributed by atoms with E-state index in [1.807, 2.05) is 0 Å². The van der Waals surface area contributed by atoms with Crippen LogP contribution in [0.25, 0.3) is 0 Å². The molecule has 3 heterocycles. The second kappa shape index (κ2) is 8.07. The quantitative estimate of drug-likeness (QED) is 0.734. The van der Waals surface area contributed by atoms with Crippen molar-refractivity contribution in [3.05, 3.63) is 22.8 Å². The first-order valence-electron chi connectivity index (χ1n) is 7.71. The van der Waals surface area contributed by atoms with Gasteiger partial charge in [-0.3, -0.25) is 4.79 Å². The van der Waals surface area contributed by atoms with E-state index < -0.39 is 11.7 Å². The summed E-state index contributed by atoms with van der Waals surface area (Å²) >= 11 is 8.46. The monoisotopic (exact) mass is 438 g/mol. The Balaban J connectivity index is 1.54. The normalized spacial score (nSPS) is 15.3. The molecule has 2 N–H and O–H groups in total. The van der Waals surface area contributed by atoms with Gasteiger partial charge in [0.05, 0.1) is 16.3 Å². The maximum Gasteiger partial charge on any atom is 0.417 e. The summed E-state index contributed by atoms with van der Waals surface area (Å²) in [4.78, 5) is 19.6. The lowest BCUT2D eigenvalue weighted by atomic mass is 10.2. The van der Waals surface area contributed by atoms with E-state index in [-0.39, 0.29) is 22.5 Å². The number of hydrogen-bond donors (Lipinski definition) is 1. The van der Waals surface area contributed by atoms with Gasteiger partial charge in [-0.05, 0) is 6.07 Å². The summed E-state index contributed by atoms with van der Waals surface area (Å²) in [6.07, 6.45) is -3.72. The number of nitrogens with two attached hydrogens (primary N) is 1. The van der Waals surface area contributed by atoms with E-state index in [0.29, 0.717) is 35.7 Å². The van der Waals surface area contributed by atoms with Crippen molar-refractivity contribution in [3.8, 4) is 0 Å². The third kappa shape index (κ3) is 4.93. The molecule has 13 heteroatoms. The van der Waals surface area contributed by atoms with E-state index in [9.17, 15) is 18.0 Å². The number of amides is 1. The molecule has 1 amide bonds. The highest BCUT2D eigenvalue weighted by Gasteiger charge is 2.32. The van der Waals surface area contributed by atoms with Gasteiger partial charge in [-0.25, -0.2) is 4.98 Å². The van der Waals surface area contributed by atoms with Crippen LogP contribution >= 0.6 is 34.7 Å². The fraction of sp³-hybridized carbons (Fsp3) is 0.429. The molecule has 0 spiro atoms. The number of anilines is 2. The molecule has 0 aromatic carbocycles. The van der Waals surface area contributed by atoms with Gasteiger partial charge in [-0.1, -0.05) is 34.7 Å². The Labute approximate surface area is 165 Å². The molecule has 146 valence electrons. The lowest BCUT2D eigenvalue weighted by molar-refractivity contribution is -0.137. The topological polar surface area (TPSA) is 88.2 Å². The number of thioether (sulfide) groups is 1. The molecular formula is C14H14ClF3N6OS2. The predicted octanol–water partition coefficient (Wildman–Crippen LogP) is 2.63. The Hall–Kier alpha value is -1.79. The van der Waals surface area contributed by atoms with E-state index in [1.54, 1.807) is 9.80 Å². The first kappa shape index (κ1) is 20.0. The smallest absolute Gasteiger partial charge is 0.374 e. The molecule has 0 radical (unpaired) electrons. The number of aromatic nitrogens is 3. The highest BCUT2D eigenvalue weighted by molar-refractivity contribution is 8.01. The number of hydrogen-bond acceptors (Lipinski definition) is 8. The predicted molar refractivity (Wildman–Crippen MR) is 98.1 cm³/mol. The number of halogens is 4. The van der Waals surface area contributed by atoms with Crippen LogP contribution in [0.1, 0.15) is 5.56 Å². The number of rotatable bonds is 4. The van der Waals surface area contributed by atoms with E-state index in [2.05, 4.69) is 15.2 Å². The molecule has 0 aliphatic carbocycles. The summed E-state index contributed by atoms with van der Waals surface area (Å²) < 4.78 is 38.7. The van der Waals surface area contributed by atoms with Crippen molar-refractivity contribution in [1.29, 1.82) is 0 Å². The first-order chi connectivity index (χ1) is 12.7. The van der Waals surface area contributed by atoms with Crippen molar-refractivity contribution in [1.82, 2.24) is 20.1 Å². The van der Waals surface area contributed by atoms with Gasteiger partial charge in [-0.2, -0.15) is 13.2 Å². The molecule has 2 aromatic heterocycles. The number of nitrogen functional groups attached to an aromatic ring is 1. The molecular weight excluding hydrogens is 425 g/mol. The van der Waals surface area contributed by atoms with Crippen LogP contribution in [0.3, 0.4) is 0 Å². The Bertz CT molecular complexity index is 825. The number of piperazine rings is 1. The Morgan fingerprint density at radius 1 is 1.30 bits per heavy atom. The highest BCUT2D eigenvalue weighted by atomic mass is 35.5. The Morgan fingerprint density at radius 3 is 2.56 bits per heavy atom. The summed E-state index contributed by atoms with van der Waals surface area (Å²) in [6, 6.07) is 0.867. The summed E-state index contributed by atoms with van der Waals surface area (Å²) in [5.41, 5.74) is 4.61. The van der Waals surface area contributed by atoms with E-state index >= 15 is 0 Å². The average Bonchev–Trinajstić information content (AvgIpc) is 3.04. The second-order valence-corrected chi connectivity index (χ2v) is 8.23. The third-order valence-electron chi connectivity index (χ3n) is 3.82. The van der Waals surface area contributed by atoms with Crippen LogP contribution in [0, 0.1) is 0 Å². The largest absolute Gasteiger partial charge is 0.417 e. The van der Waals surface area contributed by atoms with Crippen LogP contribution < -0.4 is 10.6 Å². The van der Waals surface area contributed by atoms with Gasteiger partial charge in [0.1, 0.15) is 5.82 Å². The fourth-order valence-corrected chi connectivity index (χ4v) is 4.30. The third-order valence-corrected chi connectivity index (χ3v) is 5.97. The number of nitrogens with zero attached hydrogens (tertiary/aromatic N) is 5. The van der Waals surface area contributed by atoms with Gasteiger partial charge < -0.3 is 15.5 Å². The van der Waals surface area contributed by atoms with Gasteiger partial charge in [0.15, 0.2) is 4.34 Å². The Kier molecular flexibility index (Phi) is 5.96. The lowest BCUT2D eigenvalue weighted by Crippen LogP contribution is -2.49. The van der Waals surface area contributed by atoms with Gasteiger partial charge in [0, 0.05) is 32.4 Å². The molecule has 0 saturated carbocycles. The number of pyridine rings is 1. The van der Waals surface area contributed by atoms with Crippen LogP contribution in [-0.4, -0.2) is 57.9 Å².